The first kappa shape index (κ1) is 12.7. The summed E-state index contributed by atoms with van der Waals surface area (Å²) < 4.78 is 60.1. The molecule has 2 rings (SSSR count). The van der Waals surface area contributed by atoms with Crippen LogP contribution in [0.25, 0.3) is 10.2 Å². The number of hydrogen-bond donors (Lipinski definition) is 1. The minimum atomic E-state index is -5.32. The summed E-state index contributed by atoms with van der Waals surface area (Å²) in [6.45, 7) is 0. The monoisotopic (exact) mass is 299 g/mol. The fourth-order valence-electron chi connectivity index (χ4n) is 1.20. The van der Waals surface area contributed by atoms with Gasteiger partial charge in [0.05, 0.1) is 15.1 Å². The van der Waals surface area contributed by atoms with Crippen LogP contribution in [0.15, 0.2) is 27.4 Å². The van der Waals surface area contributed by atoms with Crippen molar-refractivity contribution in [3.8, 4) is 0 Å². The second-order valence-electron chi connectivity index (χ2n) is 3.08. The van der Waals surface area contributed by atoms with E-state index in [-0.39, 0.29) is 5.52 Å². The Balaban J connectivity index is 2.65. The first-order valence-electron chi connectivity index (χ1n) is 4.13. The van der Waals surface area contributed by atoms with Gasteiger partial charge in [0.2, 0.25) is 0 Å². The van der Waals surface area contributed by atoms with Crippen LogP contribution >= 0.6 is 24.0 Å². The summed E-state index contributed by atoms with van der Waals surface area (Å²) in [6, 6.07) is 3.09. The van der Waals surface area contributed by atoms with Crippen LogP contribution < -0.4 is 0 Å². The first-order chi connectivity index (χ1) is 7.72. The SMILES string of the molecule is O=S(=O)(c1ccc2sc(S)nc2c1)C(F)(F)F. The maximum absolute atomic E-state index is 12.3. The standard InChI is InChI=1S/C8H4F3NO2S3/c9-8(10,11)17(13,14)4-1-2-6-5(3-4)12-7(15)16-6/h1-3H,(H,12,15). The lowest BCUT2D eigenvalue weighted by Crippen LogP contribution is -2.23. The Bertz CT molecular complexity index is 675. The highest BCUT2D eigenvalue weighted by Crippen LogP contribution is 2.33. The molecule has 0 aliphatic carbocycles. The van der Waals surface area contributed by atoms with Crippen LogP contribution in [0.2, 0.25) is 0 Å². The second kappa shape index (κ2) is 3.85. The third kappa shape index (κ3) is 2.14. The molecule has 1 aromatic heterocycles. The van der Waals surface area contributed by atoms with Gasteiger partial charge < -0.3 is 0 Å². The lowest BCUT2D eigenvalue weighted by atomic mass is 10.3. The van der Waals surface area contributed by atoms with E-state index in [2.05, 4.69) is 17.6 Å². The van der Waals surface area contributed by atoms with E-state index in [1.54, 1.807) is 0 Å². The van der Waals surface area contributed by atoms with E-state index in [9.17, 15) is 21.6 Å². The largest absolute Gasteiger partial charge is 0.501 e. The fraction of sp³-hybridized carbons (Fsp3) is 0.125. The number of rotatable bonds is 1. The molecule has 0 aliphatic rings. The quantitative estimate of drug-likeness (QED) is 0.824. The summed E-state index contributed by atoms with van der Waals surface area (Å²) >= 11 is 5.10. The van der Waals surface area contributed by atoms with Crippen LogP contribution in [-0.2, 0) is 9.84 Å². The van der Waals surface area contributed by atoms with Gasteiger partial charge >= 0.3 is 5.51 Å². The number of benzene rings is 1. The number of fused-ring (bicyclic) bond motifs is 1. The van der Waals surface area contributed by atoms with Gasteiger partial charge in [0.15, 0.2) is 0 Å². The maximum Gasteiger partial charge on any atom is 0.501 e. The van der Waals surface area contributed by atoms with Crippen molar-refractivity contribution in [3.05, 3.63) is 18.2 Å². The molecule has 1 heterocycles. The van der Waals surface area contributed by atoms with Gasteiger partial charge in [-0.15, -0.1) is 24.0 Å². The van der Waals surface area contributed by atoms with E-state index < -0.39 is 20.2 Å². The zero-order chi connectivity index (χ0) is 12.8. The van der Waals surface area contributed by atoms with Gasteiger partial charge in [-0.05, 0) is 18.2 Å². The van der Waals surface area contributed by atoms with Crippen molar-refractivity contribution >= 4 is 44.0 Å². The molecule has 0 atom stereocenters. The summed E-state index contributed by atoms with van der Waals surface area (Å²) in [7, 11) is -5.32. The van der Waals surface area contributed by atoms with E-state index in [4.69, 9.17) is 0 Å². The summed E-state index contributed by atoms with van der Waals surface area (Å²) in [5.74, 6) is 0. The molecule has 0 bridgehead atoms. The average Bonchev–Trinajstić information content (AvgIpc) is 2.54. The Morgan fingerprint density at radius 3 is 2.53 bits per heavy atom. The molecule has 0 saturated heterocycles. The summed E-state index contributed by atoms with van der Waals surface area (Å²) in [5, 5.41) is 0. The van der Waals surface area contributed by atoms with Gasteiger partial charge in [0.25, 0.3) is 9.84 Å². The summed E-state index contributed by atoms with van der Waals surface area (Å²) in [4.78, 5) is 3.01. The van der Waals surface area contributed by atoms with E-state index in [1.165, 1.54) is 6.07 Å². The third-order valence-electron chi connectivity index (χ3n) is 1.96. The van der Waals surface area contributed by atoms with Crippen molar-refractivity contribution in [2.24, 2.45) is 0 Å². The summed E-state index contributed by atoms with van der Waals surface area (Å²) in [5.41, 5.74) is -5.12. The topological polar surface area (TPSA) is 47.0 Å². The molecule has 17 heavy (non-hydrogen) atoms. The lowest BCUT2D eigenvalue weighted by Gasteiger charge is -2.07. The zero-order valence-corrected chi connectivity index (χ0v) is 10.4. The Morgan fingerprint density at radius 2 is 1.94 bits per heavy atom. The molecule has 9 heteroatoms. The number of nitrogens with zero attached hydrogens (tertiary/aromatic N) is 1. The van der Waals surface area contributed by atoms with Gasteiger partial charge in [0.1, 0.15) is 4.34 Å². The molecule has 2 aromatic rings. The van der Waals surface area contributed by atoms with E-state index in [0.717, 1.165) is 23.5 Å². The highest BCUT2D eigenvalue weighted by atomic mass is 32.2. The number of hydrogen-bond acceptors (Lipinski definition) is 5. The number of halogens is 3. The molecule has 0 fully saturated rings. The molecule has 0 aliphatic heterocycles. The van der Waals surface area contributed by atoms with Gasteiger partial charge in [0, 0.05) is 0 Å². The molecular weight excluding hydrogens is 295 g/mol. The predicted molar refractivity (Wildman–Crippen MR) is 60.1 cm³/mol. The highest BCUT2D eigenvalue weighted by molar-refractivity contribution is 7.92. The molecule has 92 valence electrons. The number of alkyl halides is 3. The van der Waals surface area contributed by atoms with E-state index in [1.807, 2.05) is 0 Å². The van der Waals surface area contributed by atoms with Gasteiger partial charge in [-0.2, -0.15) is 13.2 Å². The fourth-order valence-corrected chi connectivity index (χ4v) is 3.07. The Morgan fingerprint density at radius 1 is 1.29 bits per heavy atom. The highest BCUT2D eigenvalue weighted by Gasteiger charge is 2.46. The van der Waals surface area contributed by atoms with Crippen molar-refractivity contribution in [2.75, 3.05) is 0 Å². The van der Waals surface area contributed by atoms with Crippen molar-refractivity contribution < 1.29 is 21.6 Å². The second-order valence-corrected chi connectivity index (χ2v) is 6.77. The van der Waals surface area contributed by atoms with Crippen LogP contribution in [0, 0.1) is 0 Å². The number of sulfone groups is 1. The smallest absolute Gasteiger partial charge is 0.230 e. The zero-order valence-electron chi connectivity index (χ0n) is 7.89. The van der Waals surface area contributed by atoms with Crippen molar-refractivity contribution in [3.63, 3.8) is 0 Å². The molecule has 1 aromatic carbocycles. The molecule has 3 nitrogen and oxygen atoms in total. The Hall–Kier alpha value is -0.800. The molecule has 0 N–H and O–H groups in total. The number of aromatic nitrogens is 1. The molecule has 0 unspecified atom stereocenters. The lowest BCUT2D eigenvalue weighted by molar-refractivity contribution is -0.0435. The van der Waals surface area contributed by atoms with Gasteiger partial charge in [-0.25, -0.2) is 13.4 Å². The van der Waals surface area contributed by atoms with Crippen LogP contribution in [0.3, 0.4) is 0 Å². The minimum absolute atomic E-state index is 0.185. The summed E-state index contributed by atoms with van der Waals surface area (Å²) in [6.07, 6.45) is 0. The average molecular weight is 299 g/mol. The number of thiol groups is 1. The molecular formula is C8H4F3NO2S3. The number of thiazole rings is 1. The normalized spacial score (nSPS) is 13.2. The van der Waals surface area contributed by atoms with Crippen molar-refractivity contribution in [2.45, 2.75) is 14.7 Å². The van der Waals surface area contributed by atoms with Gasteiger partial charge in [-0.1, -0.05) is 0 Å². The van der Waals surface area contributed by atoms with E-state index in [0.29, 0.717) is 9.04 Å². The first-order valence-corrected chi connectivity index (χ1v) is 6.87. The minimum Gasteiger partial charge on any atom is -0.230 e. The van der Waals surface area contributed by atoms with E-state index >= 15 is 0 Å². The van der Waals surface area contributed by atoms with Crippen LogP contribution in [0.5, 0.6) is 0 Å². The third-order valence-corrected chi connectivity index (χ3v) is 4.66. The molecule has 0 spiro atoms. The predicted octanol–water partition coefficient (Wildman–Crippen LogP) is 2.88. The Labute approximate surface area is 104 Å². The van der Waals surface area contributed by atoms with Gasteiger partial charge in [-0.3, -0.25) is 0 Å². The van der Waals surface area contributed by atoms with Crippen LogP contribution in [-0.4, -0.2) is 18.9 Å². The molecule has 0 amide bonds. The molecule has 0 radical (unpaired) electrons. The van der Waals surface area contributed by atoms with Crippen molar-refractivity contribution in [1.82, 2.24) is 4.98 Å². The molecule has 0 saturated carbocycles. The van der Waals surface area contributed by atoms with Crippen molar-refractivity contribution in [1.29, 1.82) is 0 Å². The Kier molecular flexibility index (Phi) is 2.87. The van der Waals surface area contributed by atoms with Crippen LogP contribution in [0.4, 0.5) is 13.2 Å². The maximum atomic E-state index is 12.3. The van der Waals surface area contributed by atoms with Crippen LogP contribution in [0.1, 0.15) is 0 Å².